The van der Waals surface area contributed by atoms with Crippen LogP contribution in [0.15, 0.2) is 24.3 Å². The van der Waals surface area contributed by atoms with Gasteiger partial charge in [-0.1, -0.05) is 66.9 Å². The van der Waals surface area contributed by atoms with E-state index in [0.29, 0.717) is 16.2 Å². The van der Waals surface area contributed by atoms with Crippen LogP contribution in [-0.2, 0) is 0 Å². The van der Waals surface area contributed by atoms with Gasteiger partial charge in [-0.15, -0.1) is 0 Å². The van der Waals surface area contributed by atoms with Gasteiger partial charge in [0.05, 0.1) is 5.56 Å². The molecule has 1 aliphatic carbocycles. The van der Waals surface area contributed by atoms with Gasteiger partial charge in [0.25, 0.3) is 0 Å². The molecule has 1 aromatic heterocycles. The fraction of sp³-hybridized carbons (Fsp3) is 0.375. The van der Waals surface area contributed by atoms with Crippen molar-refractivity contribution in [2.75, 3.05) is 0 Å². The monoisotopic (exact) mass is 306 g/mol. The third kappa shape index (κ3) is 2.43. The molecule has 4 heteroatoms. The fourth-order valence-electron chi connectivity index (χ4n) is 2.45. The summed E-state index contributed by atoms with van der Waals surface area (Å²) in [4.78, 5) is 8.92. The molecule has 20 heavy (non-hydrogen) atoms. The van der Waals surface area contributed by atoms with Crippen molar-refractivity contribution >= 4 is 23.2 Å². The molecule has 0 saturated heterocycles. The van der Waals surface area contributed by atoms with Crippen LogP contribution in [0.1, 0.15) is 37.6 Å². The van der Waals surface area contributed by atoms with Crippen molar-refractivity contribution in [3.63, 3.8) is 0 Å². The molecular formula is C16H16Cl2N2. The zero-order valence-electron chi connectivity index (χ0n) is 11.7. The SMILES string of the molecule is Cc1ccc(-c2c(Cl)nc(C3CC3(C)C)nc2Cl)cc1. The van der Waals surface area contributed by atoms with E-state index in [2.05, 4.69) is 23.8 Å². The average Bonchev–Trinajstić information content (AvgIpc) is 3.00. The highest BCUT2D eigenvalue weighted by Crippen LogP contribution is 2.58. The molecule has 1 atom stereocenters. The number of hydrogen-bond acceptors (Lipinski definition) is 2. The van der Waals surface area contributed by atoms with Crippen LogP contribution in [0, 0.1) is 12.3 Å². The third-order valence-corrected chi connectivity index (χ3v) is 4.55. The first-order chi connectivity index (χ1) is 9.38. The first-order valence-corrected chi connectivity index (χ1v) is 7.44. The van der Waals surface area contributed by atoms with Gasteiger partial charge >= 0.3 is 0 Å². The van der Waals surface area contributed by atoms with Gasteiger partial charge in [0.15, 0.2) is 0 Å². The molecule has 1 unspecified atom stereocenters. The van der Waals surface area contributed by atoms with Gasteiger partial charge in [0.1, 0.15) is 16.1 Å². The Hall–Kier alpha value is -1.12. The van der Waals surface area contributed by atoms with Crippen molar-refractivity contribution in [1.82, 2.24) is 9.97 Å². The maximum Gasteiger partial charge on any atom is 0.142 e. The van der Waals surface area contributed by atoms with Gasteiger partial charge in [-0.25, -0.2) is 9.97 Å². The lowest BCUT2D eigenvalue weighted by molar-refractivity contribution is 0.608. The van der Waals surface area contributed by atoms with Crippen LogP contribution >= 0.6 is 23.2 Å². The van der Waals surface area contributed by atoms with Crippen LogP contribution in [0.3, 0.4) is 0 Å². The van der Waals surface area contributed by atoms with Crippen molar-refractivity contribution in [3.05, 3.63) is 46.0 Å². The summed E-state index contributed by atoms with van der Waals surface area (Å²) in [6.45, 7) is 6.45. The minimum Gasteiger partial charge on any atom is -0.220 e. The predicted molar refractivity (Wildman–Crippen MR) is 83.4 cm³/mol. The summed E-state index contributed by atoms with van der Waals surface area (Å²) >= 11 is 12.7. The maximum absolute atomic E-state index is 6.34. The highest BCUT2D eigenvalue weighted by Gasteiger charge is 2.48. The Kier molecular flexibility index (Phi) is 3.26. The molecule has 1 fully saturated rings. The number of nitrogens with zero attached hydrogens (tertiary/aromatic N) is 2. The Morgan fingerprint density at radius 3 is 2.00 bits per heavy atom. The number of halogens is 2. The zero-order valence-corrected chi connectivity index (χ0v) is 13.3. The van der Waals surface area contributed by atoms with E-state index in [-0.39, 0.29) is 5.41 Å². The number of rotatable bonds is 2. The van der Waals surface area contributed by atoms with Gasteiger partial charge in [0.2, 0.25) is 0 Å². The number of aryl methyl sites for hydroxylation is 1. The number of benzene rings is 1. The van der Waals surface area contributed by atoms with Gasteiger partial charge in [-0.2, -0.15) is 0 Å². The molecule has 3 rings (SSSR count). The molecule has 1 saturated carbocycles. The highest BCUT2D eigenvalue weighted by atomic mass is 35.5. The van der Waals surface area contributed by atoms with E-state index < -0.39 is 0 Å². The lowest BCUT2D eigenvalue weighted by atomic mass is 10.1. The lowest BCUT2D eigenvalue weighted by Gasteiger charge is -2.09. The van der Waals surface area contributed by atoms with E-state index in [1.54, 1.807) is 0 Å². The normalized spacial score (nSPS) is 19.9. The van der Waals surface area contributed by atoms with E-state index in [4.69, 9.17) is 23.2 Å². The molecule has 104 valence electrons. The van der Waals surface area contributed by atoms with Crippen LogP contribution < -0.4 is 0 Å². The summed E-state index contributed by atoms with van der Waals surface area (Å²) in [5, 5.41) is 0.873. The van der Waals surface area contributed by atoms with Crippen LogP contribution in [0.5, 0.6) is 0 Å². The second kappa shape index (κ2) is 4.71. The minimum absolute atomic E-state index is 0.262. The maximum atomic E-state index is 6.34. The highest BCUT2D eigenvalue weighted by molar-refractivity contribution is 6.37. The van der Waals surface area contributed by atoms with Crippen molar-refractivity contribution in [2.24, 2.45) is 5.41 Å². The van der Waals surface area contributed by atoms with Crippen LogP contribution in [0.25, 0.3) is 11.1 Å². The Morgan fingerprint density at radius 2 is 1.55 bits per heavy atom. The van der Waals surface area contributed by atoms with Crippen LogP contribution in [0.4, 0.5) is 0 Å². The van der Waals surface area contributed by atoms with Gasteiger partial charge < -0.3 is 0 Å². The molecule has 1 aromatic carbocycles. The molecular weight excluding hydrogens is 291 g/mol. The first kappa shape index (κ1) is 13.8. The summed E-state index contributed by atoms with van der Waals surface area (Å²) in [6.07, 6.45) is 1.09. The van der Waals surface area contributed by atoms with Gasteiger partial charge in [-0.05, 0) is 24.3 Å². The Labute approximate surface area is 129 Å². The number of hydrogen-bond donors (Lipinski definition) is 0. The molecule has 0 bridgehead atoms. The van der Waals surface area contributed by atoms with Gasteiger partial charge in [-0.3, -0.25) is 0 Å². The van der Waals surface area contributed by atoms with Crippen molar-refractivity contribution in [1.29, 1.82) is 0 Å². The van der Waals surface area contributed by atoms with Gasteiger partial charge in [0, 0.05) is 5.92 Å². The topological polar surface area (TPSA) is 25.8 Å². The molecule has 2 nitrogen and oxygen atoms in total. The third-order valence-electron chi connectivity index (χ3n) is 4.00. The Bertz CT molecular complexity index is 640. The molecule has 0 spiro atoms. The van der Waals surface area contributed by atoms with Crippen molar-refractivity contribution < 1.29 is 0 Å². The smallest absolute Gasteiger partial charge is 0.142 e. The second-order valence-electron chi connectivity index (χ2n) is 6.15. The molecule has 0 amide bonds. The summed E-state index contributed by atoms with van der Waals surface area (Å²) in [7, 11) is 0. The van der Waals surface area contributed by atoms with E-state index in [9.17, 15) is 0 Å². The van der Waals surface area contributed by atoms with Crippen molar-refractivity contribution in [2.45, 2.75) is 33.1 Å². The van der Waals surface area contributed by atoms with E-state index in [1.807, 2.05) is 31.2 Å². The Balaban J connectivity index is 2.03. The van der Waals surface area contributed by atoms with E-state index >= 15 is 0 Å². The Morgan fingerprint density at radius 1 is 1.05 bits per heavy atom. The average molecular weight is 307 g/mol. The molecule has 0 radical (unpaired) electrons. The molecule has 0 aliphatic heterocycles. The largest absolute Gasteiger partial charge is 0.220 e. The van der Waals surface area contributed by atoms with Crippen LogP contribution in [-0.4, -0.2) is 9.97 Å². The molecule has 1 aliphatic rings. The minimum atomic E-state index is 0.262. The zero-order chi connectivity index (χ0) is 14.5. The standard InChI is InChI=1S/C16H16Cl2N2/c1-9-4-6-10(7-5-9)12-13(17)19-15(20-14(12)18)11-8-16(11,2)3/h4-7,11H,8H2,1-3H3. The lowest BCUT2D eigenvalue weighted by Crippen LogP contribution is -2.00. The summed E-state index contributed by atoms with van der Waals surface area (Å²) in [5.41, 5.74) is 3.12. The first-order valence-electron chi connectivity index (χ1n) is 6.68. The summed E-state index contributed by atoms with van der Waals surface area (Å²) in [6, 6.07) is 8.04. The fourth-order valence-corrected chi connectivity index (χ4v) is 3.06. The molecule has 2 aromatic rings. The van der Waals surface area contributed by atoms with E-state index in [1.165, 1.54) is 5.56 Å². The second-order valence-corrected chi connectivity index (χ2v) is 6.87. The number of aromatic nitrogens is 2. The van der Waals surface area contributed by atoms with Crippen molar-refractivity contribution in [3.8, 4) is 11.1 Å². The summed E-state index contributed by atoms with van der Waals surface area (Å²) in [5.74, 6) is 1.13. The molecule has 1 heterocycles. The quantitative estimate of drug-likeness (QED) is 0.706. The summed E-state index contributed by atoms with van der Waals surface area (Å²) < 4.78 is 0. The molecule has 0 N–H and O–H groups in total. The van der Waals surface area contributed by atoms with Crippen LogP contribution in [0.2, 0.25) is 10.3 Å². The van der Waals surface area contributed by atoms with E-state index in [0.717, 1.165) is 23.4 Å². The predicted octanol–water partition coefficient (Wildman–Crippen LogP) is 5.27.